The maximum Gasteiger partial charge on any atom is 0.419 e. The molecule has 0 bridgehead atoms. The Labute approximate surface area is 193 Å². The monoisotopic (exact) mass is 480 g/mol. The Kier molecular flexibility index (Phi) is 7.18. The number of aliphatic imine (C=N–C) groups is 1. The van der Waals surface area contributed by atoms with E-state index in [4.69, 9.17) is 4.74 Å². The van der Waals surface area contributed by atoms with Gasteiger partial charge < -0.3 is 15.4 Å². The molecule has 8 nitrogen and oxygen atoms in total. The summed E-state index contributed by atoms with van der Waals surface area (Å²) in [5.41, 5.74) is -3.30. The first-order valence-electron chi connectivity index (χ1n) is 10.4. The van der Waals surface area contributed by atoms with E-state index in [9.17, 15) is 18.0 Å². The number of alkyl halides is 3. The lowest BCUT2D eigenvalue weighted by Crippen LogP contribution is -2.32. The van der Waals surface area contributed by atoms with Gasteiger partial charge in [-0.2, -0.15) is 18.2 Å². The molecule has 1 amide bonds. The molecule has 1 aliphatic heterocycles. The van der Waals surface area contributed by atoms with Gasteiger partial charge in [-0.3, -0.25) is 4.99 Å². The second kappa shape index (κ2) is 9.74. The van der Waals surface area contributed by atoms with Gasteiger partial charge in [-0.25, -0.2) is 19.2 Å². The van der Waals surface area contributed by atoms with E-state index in [1.54, 1.807) is 26.8 Å². The summed E-state index contributed by atoms with van der Waals surface area (Å²) < 4.78 is 61.4. The van der Waals surface area contributed by atoms with Crippen LogP contribution in [0.1, 0.15) is 45.2 Å². The Hall–Kier alpha value is -3.57. The molecule has 12 heteroatoms. The van der Waals surface area contributed by atoms with Gasteiger partial charge in [0.2, 0.25) is 5.95 Å². The Morgan fingerprint density at radius 2 is 1.91 bits per heavy atom. The van der Waals surface area contributed by atoms with E-state index in [0.29, 0.717) is 5.84 Å². The Balaban J connectivity index is 1.89. The van der Waals surface area contributed by atoms with Crippen LogP contribution >= 0.6 is 0 Å². The number of amides is 1. The van der Waals surface area contributed by atoms with Gasteiger partial charge in [-0.1, -0.05) is 19.1 Å². The first-order valence-corrected chi connectivity index (χ1v) is 10.4. The molecular formula is C22H24F4N6O2. The minimum atomic E-state index is -5.03. The van der Waals surface area contributed by atoms with E-state index < -0.39 is 46.9 Å². The minimum absolute atomic E-state index is 0.00813. The van der Waals surface area contributed by atoms with Gasteiger partial charge in [0.05, 0.1) is 17.2 Å². The van der Waals surface area contributed by atoms with Crippen LogP contribution in [0.2, 0.25) is 0 Å². The molecule has 2 N–H and O–H groups in total. The van der Waals surface area contributed by atoms with Crippen molar-refractivity contribution in [2.24, 2.45) is 4.99 Å². The molecule has 1 aromatic carbocycles. The first kappa shape index (κ1) is 25.1. The smallest absolute Gasteiger partial charge is 0.419 e. The largest absolute Gasteiger partial charge is 0.444 e. The number of rotatable bonds is 5. The lowest BCUT2D eigenvalue weighted by molar-refractivity contribution is -0.140. The summed E-state index contributed by atoms with van der Waals surface area (Å²) in [4.78, 5) is 28.0. The highest BCUT2D eigenvalue weighted by atomic mass is 19.4. The minimum Gasteiger partial charge on any atom is -0.444 e. The number of hydrogen-bond donors (Lipinski definition) is 2. The van der Waals surface area contributed by atoms with Crippen molar-refractivity contribution in [2.75, 3.05) is 5.32 Å². The number of nitrogens with one attached hydrogen (secondary N) is 2. The fourth-order valence-corrected chi connectivity index (χ4v) is 3.09. The molecule has 1 aromatic heterocycles. The van der Waals surface area contributed by atoms with Crippen LogP contribution in [0.5, 0.6) is 0 Å². The molecule has 34 heavy (non-hydrogen) atoms. The number of amidine groups is 1. The van der Waals surface area contributed by atoms with Crippen molar-refractivity contribution < 1.29 is 27.1 Å². The van der Waals surface area contributed by atoms with Crippen molar-refractivity contribution in [2.45, 2.75) is 58.5 Å². The van der Waals surface area contributed by atoms with Crippen LogP contribution in [0.25, 0.3) is 11.4 Å². The van der Waals surface area contributed by atoms with Gasteiger partial charge >= 0.3 is 12.3 Å². The van der Waals surface area contributed by atoms with Crippen LogP contribution in [0.3, 0.4) is 0 Å². The summed E-state index contributed by atoms with van der Waals surface area (Å²) in [7, 11) is 0. The number of ether oxygens (including phenoxy) is 1. The molecule has 2 aromatic rings. The topological polar surface area (TPSA) is 101 Å². The van der Waals surface area contributed by atoms with Gasteiger partial charge in [-0.05, 0) is 44.9 Å². The van der Waals surface area contributed by atoms with Crippen molar-refractivity contribution >= 4 is 17.9 Å². The fourth-order valence-electron chi connectivity index (χ4n) is 3.09. The maximum absolute atomic E-state index is 15.1. The molecule has 1 atom stereocenters. The van der Waals surface area contributed by atoms with E-state index in [-0.39, 0.29) is 17.8 Å². The maximum atomic E-state index is 15.1. The van der Waals surface area contributed by atoms with Crippen molar-refractivity contribution in [1.29, 1.82) is 0 Å². The van der Waals surface area contributed by atoms with Crippen LogP contribution in [-0.2, 0) is 17.5 Å². The third kappa shape index (κ3) is 6.27. The number of halogens is 4. The van der Waals surface area contributed by atoms with Crippen LogP contribution in [0, 0.1) is 5.82 Å². The number of alkyl carbamates (subject to hydrolysis) is 1. The second-order valence-corrected chi connectivity index (χ2v) is 8.42. The van der Waals surface area contributed by atoms with Gasteiger partial charge in [-0.15, -0.1) is 0 Å². The molecule has 2 heterocycles. The van der Waals surface area contributed by atoms with Crippen LogP contribution in [0.15, 0.2) is 35.6 Å². The van der Waals surface area contributed by atoms with Crippen LogP contribution in [0.4, 0.5) is 28.3 Å². The normalized spacial score (nSPS) is 15.8. The number of hydrogen-bond acceptors (Lipinski definition) is 7. The van der Waals surface area contributed by atoms with Gasteiger partial charge in [0.1, 0.15) is 23.6 Å². The summed E-state index contributed by atoms with van der Waals surface area (Å²) >= 11 is 0. The predicted octanol–water partition coefficient (Wildman–Crippen LogP) is 4.88. The third-order valence-corrected chi connectivity index (χ3v) is 4.59. The van der Waals surface area contributed by atoms with Crippen molar-refractivity contribution in [3.05, 3.63) is 47.6 Å². The van der Waals surface area contributed by atoms with E-state index in [2.05, 4.69) is 30.6 Å². The highest BCUT2D eigenvalue weighted by Crippen LogP contribution is 2.37. The van der Waals surface area contributed by atoms with Crippen LogP contribution < -0.4 is 10.6 Å². The average molecular weight is 480 g/mol. The van der Waals surface area contributed by atoms with Crippen molar-refractivity contribution in [3.8, 4) is 11.4 Å². The van der Waals surface area contributed by atoms with Gasteiger partial charge in [0, 0.05) is 6.54 Å². The summed E-state index contributed by atoms with van der Waals surface area (Å²) in [6.07, 6.45) is -0.489. The standard InChI is InChI=1S/C22H24F4N6O2/c1-5-13-7-9-15(30-13)31-19-29-11-28-18(32-19)14-8-6-12(16(17(14)23)22(24,25)26)10-27-20(33)34-21(2,3)4/h6-9,11,13H,5,10H2,1-4H3,(H,27,33)(H,28,29,30,31,32)/t13-/m1/s1. The molecule has 0 fully saturated rings. The third-order valence-electron chi connectivity index (χ3n) is 4.59. The number of anilines is 1. The number of carbonyl (C=O) groups excluding carboxylic acids is 1. The Morgan fingerprint density at radius 3 is 2.53 bits per heavy atom. The predicted molar refractivity (Wildman–Crippen MR) is 118 cm³/mol. The molecule has 0 unspecified atom stereocenters. The molecule has 182 valence electrons. The second-order valence-electron chi connectivity index (χ2n) is 8.42. The molecule has 0 radical (unpaired) electrons. The van der Waals surface area contributed by atoms with Crippen LogP contribution in [-0.4, -0.2) is 38.5 Å². The van der Waals surface area contributed by atoms with E-state index in [0.717, 1.165) is 24.9 Å². The Morgan fingerprint density at radius 1 is 1.18 bits per heavy atom. The lowest BCUT2D eigenvalue weighted by atomic mass is 10.0. The van der Waals surface area contributed by atoms with Crippen molar-refractivity contribution in [3.63, 3.8) is 0 Å². The zero-order chi connectivity index (χ0) is 25.1. The summed E-state index contributed by atoms with van der Waals surface area (Å²) in [6, 6.07) is 2.19. The van der Waals surface area contributed by atoms with Gasteiger partial charge in [0.25, 0.3) is 0 Å². The van der Waals surface area contributed by atoms with E-state index in [1.807, 2.05) is 13.0 Å². The average Bonchev–Trinajstić information content (AvgIpc) is 3.17. The number of nitrogens with zero attached hydrogens (tertiary/aromatic N) is 4. The van der Waals surface area contributed by atoms with Gasteiger partial charge in [0.15, 0.2) is 5.82 Å². The highest BCUT2D eigenvalue weighted by molar-refractivity contribution is 6.04. The zero-order valence-electron chi connectivity index (χ0n) is 19.0. The zero-order valence-corrected chi connectivity index (χ0v) is 19.0. The first-order chi connectivity index (χ1) is 15.9. The molecule has 3 rings (SSSR count). The molecular weight excluding hydrogens is 456 g/mol. The SMILES string of the molecule is CC[C@@H]1C=CC(Nc2ncnc(-c3ccc(CNC(=O)OC(C)(C)C)c(C(F)(F)F)c3F)n2)=N1. The molecule has 0 aliphatic carbocycles. The van der Waals surface area contributed by atoms with Crippen molar-refractivity contribution in [1.82, 2.24) is 20.3 Å². The van der Waals surface area contributed by atoms with E-state index >= 15 is 4.39 Å². The molecule has 0 spiro atoms. The summed E-state index contributed by atoms with van der Waals surface area (Å²) in [5.74, 6) is -1.36. The summed E-state index contributed by atoms with van der Waals surface area (Å²) in [5, 5.41) is 5.05. The number of carbonyl (C=O) groups is 1. The number of benzene rings is 1. The van der Waals surface area contributed by atoms with E-state index in [1.165, 1.54) is 0 Å². The Bertz CT molecular complexity index is 1130. The summed E-state index contributed by atoms with van der Waals surface area (Å²) in [6.45, 7) is 6.21. The molecule has 0 saturated heterocycles. The molecule has 0 saturated carbocycles. The molecule has 1 aliphatic rings. The lowest BCUT2D eigenvalue weighted by Gasteiger charge is -2.21. The quantitative estimate of drug-likeness (QED) is 0.592. The highest BCUT2D eigenvalue weighted by Gasteiger charge is 2.38. The number of aromatic nitrogens is 3. The fraction of sp³-hybridized carbons (Fsp3) is 0.409.